The van der Waals surface area contributed by atoms with Crippen molar-refractivity contribution in [2.24, 2.45) is 4.99 Å². The molecule has 3 aromatic carbocycles. The number of hydrogen-bond acceptors (Lipinski definition) is 7. The van der Waals surface area contributed by atoms with Crippen LogP contribution in [-0.2, 0) is 16.1 Å². The van der Waals surface area contributed by atoms with Crippen LogP contribution in [0, 0.1) is 0 Å². The number of fused-ring (bicyclic) bond motifs is 1. The summed E-state index contributed by atoms with van der Waals surface area (Å²) in [5, 5.41) is 0. The quantitative estimate of drug-likeness (QED) is 0.310. The largest absolute Gasteiger partial charge is 0.497 e. The van der Waals surface area contributed by atoms with Crippen molar-refractivity contribution >= 4 is 23.4 Å². The second-order valence-corrected chi connectivity index (χ2v) is 9.93. The number of esters is 1. The highest BCUT2D eigenvalue weighted by atomic mass is 32.1. The van der Waals surface area contributed by atoms with Crippen LogP contribution in [0.3, 0.4) is 0 Å². The van der Waals surface area contributed by atoms with E-state index in [0.717, 1.165) is 22.4 Å². The van der Waals surface area contributed by atoms with Crippen molar-refractivity contribution in [2.45, 2.75) is 26.5 Å². The van der Waals surface area contributed by atoms with Crippen molar-refractivity contribution in [1.82, 2.24) is 4.57 Å². The van der Waals surface area contributed by atoms with Gasteiger partial charge in [-0.15, -0.1) is 0 Å². The van der Waals surface area contributed by atoms with Gasteiger partial charge in [-0.05, 0) is 60.9 Å². The predicted octanol–water partition coefficient (Wildman–Crippen LogP) is 4.39. The Kier molecular flexibility index (Phi) is 7.74. The summed E-state index contributed by atoms with van der Waals surface area (Å²) >= 11 is 1.29. The second-order valence-electron chi connectivity index (χ2n) is 8.92. The van der Waals surface area contributed by atoms with E-state index in [1.807, 2.05) is 84.9 Å². The molecule has 0 radical (unpaired) electrons. The highest BCUT2D eigenvalue weighted by molar-refractivity contribution is 7.07. The first-order valence-electron chi connectivity index (χ1n) is 12.6. The zero-order valence-electron chi connectivity index (χ0n) is 21.9. The Morgan fingerprint density at radius 1 is 1.00 bits per heavy atom. The fourth-order valence-electron chi connectivity index (χ4n) is 4.45. The molecule has 0 saturated carbocycles. The van der Waals surface area contributed by atoms with Gasteiger partial charge >= 0.3 is 5.97 Å². The fourth-order valence-corrected chi connectivity index (χ4v) is 5.49. The molecule has 0 bridgehead atoms. The van der Waals surface area contributed by atoms with Crippen molar-refractivity contribution < 1.29 is 19.0 Å². The molecule has 0 unspecified atom stereocenters. The van der Waals surface area contributed by atoms with Crippen LogP contribution in [0.2, 0.25) is 0 Å². The molecular formula is C31H28N2O5S. The molecule has 1 atom stereocenters. The lowest BCUT2D eigenvalue weighted by Gasteiger charge is -2.24. The van der Waals surface area contributed by atoms with Gasteiger partial charge in [0.2, 0.25) is 0 Å². The molecular weight excluding hydrogens is 512 g/mol. The number of benzene rings is 3. The van der Waals surface area contributed by atoms with E-state index in [-0.39, 0.29) is 12.2 Å². The van der Waals surface area contributed by atoms with Crippen LogP contribution in [0.1, 0.15) is 36.6 Å². The van der Waals surface area contributed by atoms with E-state index in [1.54, 1.807) is 25.5 Å². The topological polar surface area (TPSA) is 79.1 Å². The molecule has 5 rings (SSSR count). The Morgan fingerprint density at radius 3 is 2.36 bits per heavy atom. The van der Waals surface area contributed by atoms with Gasteiger partial charge in [-0.25, -0.2) is 9.79 Å². The SMILES string of the molecule is CCOC(=O)C1=C(C)N=c2s/c(=C/c3ccc(OCc4ccccc4)cc3)c(=O)n2[C@@H]1c1ccc(OC)cc1. The molecule has 1 aromatic heterocycles. The molecule has 1 aliphatic rings. The molecule has 0 amide bonds. The Balaban J connectivity index is 1.51. The van der Waals surface area contributed by atoms with E-state index >= 15 is 0 Å². The third-order valence-corrected chi connectivity index (χ3v) is 7.36. The van der Waals surface area contributed by atoms with Crippen molar-refractivity contribution in [3.8, 4) is 11.5 Å². The lowest BCUT2D eigenvalue weighted by molar-refractivity contribution is -0.139. The first kappa shape index (κ1) is 26.2. The van der Waals surface area contributed by atoms with Crippen molar-refractivity contribution in [1.29, 1.82) is 0 Å². The Morgan fingerprint density at radius 2 is 1.69 bits per heavy atom. The van der Waals surface area contributed by atoms with Gasteiger partial charge in [-0.2, -0.15) is 0 Å². The van der Waals surface area contributed by atoms with Gasteiger partial charge in [-0.1, -0.05) is 65.9 Å². The summed E-state index contributed by atoms with van der Waals surface area (Å²) in [5.41, 5.74) is 3.36. The number of hydrogen-bond donors (Lipinski definition) is 0. The van der Waals surface area contributed by atoms with Gasteiger partial charge in [-0.3, -0.25) is 9.36 Å². The molecule has 7 nitrogen and oxygen atoms in total. The maximum atomic E-state index is 13.7. The Bertz CT molecular complexity index is 1690. The van der Waals surface area contributed by atoms with Gasteiger partial charge in [0.1, 0.15) is 18.1 Å². The molecule has 0 fully saturated rings. The molecule has 0 aliphatic carbocycles. The number of thiazole rings is 1. The van der Waals surface area contributed by atoms with Crippen molar-refractivity contribution in [3.05, 3.63) is 127 Å². The van der Waals surface area contributed by atoms with Crippen LogP contribution in [0.25, 0.3) is 6.08 Å². The lowest BCUT2D eigenvalue weighted by atomic mass is 9.96. The molecule has 8 heteroatoms. The van der Waals surface area contributed by atoms with Gasteiger partial charge in [0.25, 0.3) is 5.56 Å². The van der Waals surface area contributed by atoms with E-state index in [0.29, 0.717) is 33.0 Å². The summed E-state index contributed by atoms with van der Waals surface area (Å²) in [6.45, 7) is 4.23. The van der Waals surface area contributed by atoms with E-state index in [4.69, 9.17) is 14.2 Å². The highest BCUT2D eigenvalue weighted by Gasteiger charge is 2.33. The lowest BCUT2D eigenvalue weighted by Crippen LogP contribution is -2.39. The fraction of sp³-hybridized carbons (Fsp3) is 0.194. The maximum Gasteiger partial charge on any atom is 0.338 e. The summed E-state index contributed by atoms with van der Waals surface area (Å²) in [5.74, 6) is 0.937. The molecule has 0 N–H and O–H groups in total. The van der Waals surface area contributed by atoms with E-state index in [2.05, 4.69) is 4.99 Å². The molecule has 0 saturated heterocycles. The van der Waals surface area contributed by atoms with Gasteiger partial charge in [0.15, 0.2) is 4.80 Å². The monoisotopic (exact) mass is 540 g/mol. The average molecular weight is 541 g/mol. The van der Waals surface area contributed by atoms with Crippen LogP contribution >= 0.6 is 11.3 Å². The van der Waals surface area contributed by atoms with Crippen LogP contribution in [0.5, 0.6) is 11.5 Å². The van der Waals surface area contributed by atoms with E-state index < -0.39 is 12.0 Å². The van der Waals surface area contributed by atoms with Gasteiger partial charge in [0, 0.05) is 0 Å². The molecule has 0 spiro atoms. The molecule has 39 heavy (non-hydrogen) atoms. The van der Waals surface area contributed by atoms with Gasteiger partial charge < -0.3 is 14.2 Å². The number of carbonyl (C=O) groups excluding carboxylic acids is 1. The zero-order valence-corrected chi connectivity index (χ0v) is 22.7. The second kappa shape index (κ2) is 11.5. The summed E-state index contributed by atoms with van der Waals surface area (Å²) in [7, 11) is 1.59. The number of rotatable bonds is 8. The summed E-state index contributed by atoms with van der Waals surface area (Å²) < 4.78 is 18.6. The third kappa shape index (κ3) is 5.56. The normalized spacial score (nSPS) is 14.9. The molecule has 4 aromatic rings. The Hall–Kier alpha value is -4.43. The van der Waals surface area contributed by atoms with Crippen LogP contribution < -0.4 is 24.4 Å². The molecule has 198 valence electrons. The van der Waals surface area contributed by atoms with Crippen molar-refractivity contribution in [2.75, 3.05) is 13.7 Å². The summed E-state index contributed by atoms with van der Waals surface area (Å²) in [4.78, 5) is 31.9. The van der Waals surface area contributed by atoms with E-state index in [1.165, 1.54) is 11.3 Å². The Labute approximate surface area is 229 Å². The predicted molar refractivity (Wildman–Crippen MR) is 151 cm³/mol. The highest BCUT2D eigenvalue weighted by Crippen LogP contribution is 2.31. The van der Waals surface area contributed by atoms with E-state index in [9.17, 15) is 9.59 Å². The minimum absolute atomic E-state index is 0.223. The first-order chi connectivity index (χ1) is 19.0. The van der Waals surface area contributed by atoms with Gasteiger partial charge in [0.05, 0.1) is 35.6 Å². The minimum Gasteiger partial charge on any atom is -0.497 e. The minimum atomic E-state index is -0.665. The maximum absolute atomic E-state index is 13.7. The smallest absolute Gasteiger partial charge is 0.338 e. The number of aromatic nitrogens is 1. The zero-order chi connectivity index (χ0) is 27.4. The van der Waals surface area contributed by atoms with Crippen molar-refractivity contribution in [3.63, 3.8) is 0 Å². The van der Waals surface area contributed by atoms with Crippen LogP contribution in [0.4, 0.5) is 0 Å². The number of nitrogens with zero attached hydrogens (tertiary/aromatic N) is 2. The average Bonchev–Trinajstić information content (AvgIpc) is 3.26. The first-order valence-corrected chi connectivity index (χ1v) is 13.4. The number of allylic oxidation sites excluding steroid dienone is 1. The molecule has 1 aliphatic heterocycles. The summed E-state index contributed by atoms with van der Waals surface area (Å²) in [6.07, 6.45) is 1.83. The number of methoxy groups -OCH3 is 1. The number of ether oxygens (including phenoxy) is 3. The summed E-state index contributed by atoms with van der Waals surface area (Å²) in [6, 6.07) is 24.2. The third-order valence-electron chi connectivity index (χ3n) is 6.37. The number of carbonyl (C=O) groups is 1. The van der Waals surface area contributed by atoms with Crippen LogP contribution in [0.15, 0.2) is 99.9 Å². The molecule has 2 heterocycles. The standard InChI is InChI=1S/C31H28N2O5S/c1-4-37-30(35)27-20(2)32-31-33(28(27)23-12-16-24(36-3)17-13-23)29(34)26(39-31)18-21-10-14-25(15-11-21)38-19-22-8-6-5-7-9-22/h5-18,28H,4,19H2,1-3H3/b26-18+/t28-/m1/s1. The van der Waals surface area contributed by atoms with Crippen LogP contribution in [-0.4, -0.2) is 24.3 Å².